The number of halogens is 3. The van der Waals surface area contributed by atoms with Gasteiger partial charge in [0.25, 0.3) is 5.56 Å². The molecule has 35 heavy (non-hydrogen) atoms. The van der Waals surface area contributed by atoms with Crippen LogP contribution in [0.25, 0.3) is 10.3 Å². The molecule has 186 valence electrons. The third kappa shape index (κ3) is 4.38. The molecule has 1 aliphatic heterocycles. The molecule has 1 saturated heterocycles. The number of sulfonamides is 1. The lowest BCUT2D eigenvalue weighted by Crippen LogP contribution is -2.58. The third-order valence-corrected chi connectivity index (χ3v) is 8.94. The number of alkyl halides is 3. The van der Waals surface area contributed by atoms with Crippen LogP contribution >= 0.6 is 11.3 Å². The van der Waals surface area contributed by atoms with Crippen molar-refractivity contribution in [2.45, 2.75) is 35.9 Å². The highest BCUT2D eigenvalue weighted by Gasteiger charge is 2.41. The molecule has 3 heterocycles. The number of rotatable bonds is 5. The fraction of sp³-hybridized carbons (Fsp3) is 0.400. The largest absolute Gasteiger partial charge is 0.480 e. The summed E-state index contributed by atoms with van der Waals surface area (Å²) in [6, 6.07) is 1.39. The average molecular weight is 530 g/mol. The van der Waals surface area contributed by atoms with Crippen molar-refractivity contribution >= 4 is 42.8 Å². The van der Waals surface area contributed by atoms with Crippen LogP contribution in [0.15, 0.2) is 34.0 Å². The number of anilines is 1. The summed E-state index contributed by atoms with van der Waals surface area (Å²) in [7, 11) is -4.39. The van der Waals surface area contributed by atoms with E-state index < -0.39 is 38.7 Å². The Kier molecular flexibility index (Phi) is 5.60. The number of aromatic amines is 1. The van der Waals surface area contributed by atoms with Gasteiger partial charge in [-0.3, -0.25) is 9.59 Å². The number of carboxylic acids is 1. The van der Waals surface area contributed by atoms with Crippen molar-refractivity contribution in [1.82, 2.24) is 19.3 Å². The van der Waals surface area contributed by atoms with Crippen LogP contribution in [-0.4, -0.2) is 64.4 Å². The molecule has 1 saturated carbocycles. The lowest BCUT2D eigenvalue weighted by Gasteiger charge is -2.38. The van der Waals surface area contributed by atoms with E-state index in [-0.39, 0.29) is 41.5 Å². The molecule has 0 unspecified atom stereocenters. The highest BCUT2D eigenvalue weighted by Crippen LogP contribution is 2.38. The molecular formula is C20H18F3N5O5S2. The number of hydrogen-bond acceptors (Lipinski definition) is 8. The molecule has 1 aromatic carbocycles. The van der Waals surface area contributed by atoms with Crippen molar-refractivity contribution < 1.29 is 31.5 Å². The average Bonchev–Trinajstić information content (AvgIpc) is 3.57. The van der Waals surface area contributed by atoms with Crippen LogP contribution in [0.5, 0.6) is 0 Å². The van der Waals surface area contributed by atoms with Gasteiger partial charge < -0.3 is 15.0 Å². The summed E-state index contributed by atoms with van der Waals surface area (Å²) in [6.45, 7) is -0.438. The van der Waals surface area contributed by atoms with Gasteiger partial charge in [-0.2, -0.15) is 22.5 Å². The maximum absolute atomic E-state index is 13.1. The van der Waals surface area contributed by atoms with Crippen LogP contribution in [0.3, 0.4) is 0 Å². The minimum atomic E-state index is -4.63. The fourth-order valence-corrected chi connectivity index (χ4v) is 6.41. The quantitative estimate of drug-likeness (QED) is 0.514. The summed E-state index contributed by atoms with van der Waals surface area (Å²) in [4.78, 5) is 37.1. The molecular weight excluding hydrogens is 511 g/mol. The summed E-state index contributed by atoms with van der Waals surface area (Å²) < 4.78 is 65.7. The molecule has 0 bridgehead atoms. The number of nitrogens with zero attached hydrogens (tertiary/aromatic N) is 4. The SMILES string of the molecule is O=C(O)[C@H]1CN(c2nc3nc(C4CC4)[nH]c(=O)c3s2)CCN1S(=O)(=O)c1ccc(C(F)(F)F)cc1. The van der Waals surface area contributed by atoms with Gasteiger partial charge in [0.05, 0.1) is 10.5 Å². The van der Waals surface area contributed by atoms with Crippen LogP contribution in [0, 0.1) is 0 Å². The number of H-pyrrole nitrogens is 1. The van der Waals surface area contributed by atoms with Crippen molar-refractivity contribution in [3.63, 3.8) is 0 Å². The first-order chi connectivity index (χ1) is 16.4. The van der Waals surface area contributed by atoms with E-state index in [4.69, 9.17) is 0 Å². The van der Waals surface area contributed by atoms with Gasteiger partial charge in [-0.15, -0.1) is 0 Å². The van der Waals surface area contributed by atoms with Crippen molar-refractivity contribution in [1.29, 1.82) is 0 Å². The molecule has 0 amide bonds. The Morgan fingerprint density at radius 1 is 1.14 bits per heavy atom. The van der Waals surface area contributed by atoms with Gasteiger partial charge in [0, 0.05) is 25.6 Å². The second kappa shape index (κ2) is 8.27. The van der Waals surface area contributed by atoms with E-state index in [9.17, 15) is 36.3 Å². The van der Waals surface area contributed by atoms with Gasteiger partial charge in [-0.25, -0.2) is 13.4 Å². The Labute approximate surface area is 200 Å². The van der Waals surface area contributed by atoms with E-state index in [1.54, 1.807) is 4.90 Å². The summed E-state index contributed by atoms with van der Waals surface area (Å²) in [5, 5.41) is 10.1. The van der Waals surface area contributed by atoms with Gasteiger partial charge in [-0.1, -0.05) is 11.3 Å². The molecule has 15 heteroatoms. The van der Waals surface area contributed by atoms with Crippen molar-refractivity contribution in [3.05, 3.63) is 46.0 Å². The topological polar surface area (TPSA) is 137 Å². The molecule has 1 atom stereocenters. The number of carbonyl (C=O) groups is 1. The highest BCUT2D eigenvalue weighted by molar-refractivity contribution is 7.89. The van der Waals surface area contributed by atoms with E-state index in [0.717, 1.165) is 40.6 Å². The number of carboxylic acid groups (broad SMARTS) is 1. The second-order valence-corrected chi connectivity index (χ2v) is 11.2. The number of aromatic nitrogens is 3. The highest BCUT2D eigenvalue weighted by atomic mass is 32.2. The van der Waals surface area contributed by atoms with Crippen LogP contribution < -0.4 is 10.5 Å². The molecule has 0 spiro atoms. The maximum Gasteiger partial charge on any atom is 0.416 e. The molecule has 2 fully saturated rings. The number of hydrogen-bond donors (Lipinski definition) is 2. The second-order valence-electron chi connectivity index (χ2n) is 8.31. The normalized spacial score (nSPS) is 19.9. The van der Waals surface area contributed by atoms with Crippen LogP contribution in [0.4, 0.5) is 18.3 Å². The van der Waals surface area contributed by atoms with Gasteiger partial charge in [-0.05, 0) is 37.1 Å². The molecule has 10 nitrogen and oxygen atoms in total. The van der Waals surface area contributed by atoms with Crippen molar-refractivity contribution in [2.24, 2.45) is 0 Å². The number of nitrogens with one attached hydrogen (secondary N) is 1. The minimum Gasteiger partial charge on any atom is -0.480 e. The number of aliphatic carboxylic acids is 1. The molecule has 2 N–H and O–H groups in total. The van der Waals surface area contributed by atoms with Gasteiger partial charge >= 0.3 is 12.1 Å². The Morgan fingerprint density at radius 3 is 2.43 bits per heavy atom. The number of piperazine rings is 1. The van der Waals surface area contributed by atoms with Gasteiger partial charge in [0.2, 0.25) is 10.0 Å². The Morgan fingerprint density at radius 2 is 1.83 bits per heavy atom. The minimum absolute atomic E-state index is 0.0663. The molecule has 3 aromatic rings. The van der Waals surface area contributed by atoms with Crippen LogP contribution in [0.1, 0.15) is 30.1 Å². The summed E-state index contributed by atoms with van der Waals surface area (Å²) in [5.41, 5.74) is -1.10. The summed E-state index contributed by atoms with van der Waals surface area (Å²) in [5.74, 6) is -0.652. The predicted molar refractivity (Wildman–Crippen MR) is 119 cm³/mol. The first-order valence-corrected chi connectivity index (χ1v) is 12.8. The molecule has 2 aromatic heterocycles. The molecule has 0 radical (unpaired) electrons. The molecule has 1 aliphatic carbocycles. The number of thiazole rings is 1. The fourth-order valence-electron chi connectivity index (χ4n) is 3.91. The zero-order valence-corrected chi connectivity index (χ0v) is 19.5. The lowest BCUT2D eigenvalue weighted by atomic mass is 10.2. The Hall–Kier alpha value is -3.04. The van der Waals surface area contributed by atoms with E-state index in [1.165, 1.54) is 0 Å². The van der Waals surface area contributed by atoms with E-state index in [1.807, 2.05) is 0 Å². The van der Waals surface area contributed by atoms with Gasteiger partial charge in [0.15, 0.2) is 10.8 Å². The lowest BCUT2D eigenvalue weighted by molar-refractivity contribution is -0.141. The van der Waals surface area contributed by atoms with E-state index in [0.29, 0.717) is 23.1 Å². The van der Waals surface area contributed by atoms with Crippen LogP contribution in [-0.2, 0) is 21.0 Å². The first kappa shape index (κ1) is 23.7. The maximum atomic E-state index is 13.1. The van der Waals surface area contributed by atoms with Crippen LogP contribution in [0.2, 0.25) is 0 Å². The Bertz CT molecular complexity index is 1470. The number of fused-ring (bicyclic) bond motifs is 1. The predicted octanol–water partition coefficient (Wildman–Crippen LogP) is 2.24. The van der Waals surface area contributed by atoms with Crippen molar-refractivity contribution in [2.75, 3.05) is 24.5 Å². The Balaban J connectivity index is 1.41. The summed E-state index contributed by atoms with van der Waals surface area (Å²) >= 11 is 1.04. The van der Waals surface area contributed by atoms with Gasteiger partial charge in [0.1, 0.15) is 16.6 Å². The smallest absolute Gasteiger partial charge is 0.416 e. The van der Waals surface area contributed by atoms with Crippen molar-refractivity contribution in [3.8, 4) is 0 Å². The molecule has 2 aliphatic rings. The number of benzene rings is 1. The molecule has 5 rings (SSSR count). The zero-order chi connectivity index (χ0) is 25.1. The zero-order valence-electron chi connectivity index (χ0n) is 17.8. The summed E-state index contributed by atoms with van der Waals surface area (Å²) in [6.07, 6.45) is -2.77. The standard InChI is InChI=1S/C20H18F3N5O5S2/c21-20(22,23)11-3-5-12(6-4-11)35(32,33)28-8-7-27(9-13(28)18(30)31)19-26-16-14(34-19)17(29)25-15(24-16)10-1-2-10/h3-6,10,13H,1-2,7-9H2,(H,30,31)(H,24,25,29)/t13-/m1/s1. The monoisotopic (exact) mass is 529 g/mol. The van der Waals surface area contributed by atoms with E-state index in [2.05, 4.69) is 15.0 Å². The van der Waals surface area contributed by atoms with E-state index >= 15 is 0 Å². The third-order valence-electron chi connectivity index (χ3n) is 5.91. The first-order valence-electron chi connectivity index (χ1n) is 10.5.